The highest BCUT2D eigenvalue weighted by molar-refractivity contribution is 7.13. The zero-order valence-electron chi connectivity index (χ0n) is 12.5. The molecule has 4 nitrogen and oxygen atoms in total. The Kier molecular flexibility index (Phi) is 5.40. The molecule has 0 saturated heterocycles. The molecule has 0 radical (unpaired) electrons. The van der Waals surface area contributed by atoms with E-state index in [4.69, 9.17) is 4.74 Å². The number of rotatable bonds is 5. The van der Waals surface area contributed by atoms with Crippen LogP contribution in [0.25, 0.3) is 0 Å². The molecule has 1 aliphatic carbocycles. The van der Waals surface area contributed by atoms with Crippen molar-refractivity contribution in [3.63, 3.8) is 0 Å². The lowest BCUT2D eigenvalue weighted by Crippen LogP contribution is -2.30. The molecule has 112 valence electrons. The minimum atomic E-state index is -0.204. The van der Waals surface area contributed by atoms with Gasteiger partial charge in [0.05, 0.1) is 18.7 Å². The van der Waals surface area contributed by atoms with Gasteiger partial charge in [-0.25, -0.2) is 4.98 Å². The Morgan fingerprint density at radius 3 is 2.75 bits per heavy atom. The van der Waals surface area contributed by atoms with E-state index in [2.05, 4.69) is 24.1 Å². The molecule has 0 spiro atoms. The standard InChI is InChI=1S/C15H24N2O2S/c1-4-19-14(18)8-13-9-20-15(17-13)16-12-6-10(2)5-11(3)7-12/h9-12H,4-8H2,1-3H3,(H,16,17). The lowest BCUT2D eigenvalue weighted by atomic mass is 9.80. The van der Waals surface area contributed by atoms with Crippen molar-refractivity contribution in [1.29, 1.82) is 0 Å². The van der Waals surface area contributed by atoms with Gasteiger partial charge in [-0.05, 0) is 38.0 Å². The molecule has 1 aromatic rings. The van der Waals surface area contributed by atoms with Crippen LogP contribution in [0.4, 0.5) is 5.13 Å². The first-order valence-corrected chi connectivity index (χ1v) is 8.31. The maximum atomic E-state index is 11.4. The minimum absolute atomic E-state index is 0.204. The van der Waals surface area contributed by atoms with E-state index < -0.39 is 0 Å². The Morgan fingerprint density at radius 2 is 2.10 bits per heavy atom. The molecule has 2 atom stereocenters. The van der Waals surface area contributed by atoms with Crippen LogP contribution >= 0.6 is 11.3 Å². The van der Waals surface area contributed by atoms with Crippen LogP contribution in [0.5, 0.6) is 0 Å². The van der Waals surface area contributed by atoms with Crippen LogP contribution in [-0.4, -0.2) is 23.6 Å². The number of hydrogen-bond donors (Lipinski definition) is 1. The molecule has 20 heavy (non-hydrogen) atoms. The van der Waals surface area contributed by atoms with E-state index in [1.807, 2.05) is 12.3 Å². The molecule has 0 amide bonds. The van der Waals surface area contributed by atoms with Crippen molar-refractivity contribution in [3.8, 4) is 0 Å². The lowest BCUT2D eigenvalue weighted by molar-refractivity contribution is -0.142. The molecule has 1 aliphatic rings. The molecule has 0 aromatic carbocycles. The number of carbonyl (C=O) groups is 1. The average Bonchev–Trinajstić information content (AvgIpc) is 2.75. The van der Waals surface area contributed by atoms with Crippen LogP contribution in [0.15, 0.2) is 5.38 Å². The Balaban J connectivity index is 1.87. The Hall–Kier alpha value is -1.10. The molecule has 1 aromatic heterocycles. The number of ether oxygens (including phenoxy) is 1. The first-order valence-electron chi connectivity index (χ1n) is 7.43. The number of anilines is 1. The SMILES string of the molecule is CCOC(=O)Cc1csc(NC2CC(C)CC(C)C2)n1. The third-order valence-electron chi connectivity index (χ3n) is 3.69. The summed E-state index contributed by atoms with van der Waals surface area (Å²) in [6.07, 6.45) is 4.00. The average molecular weight is 296 g/mol. The van der Waals surface area contributed by atoms with Gasteiger partial charge in [-0.1, -0.05) is 13.8 Å². The third kappa shape index (κ3) is 4.47. The highest BCUT2D eigenvalue weighted by atomic mass is 32.1. The fourth-order valence-corrected chi connectivity index (χ4v) is 3.84. The Morgan fingerprint density at radius 1 is 1.40 bits per heavy atom. The quantitative estimate of drug-likeness (QED) is 0.845. The molecule has 1 fully saturated rings. The minimum Gasteiger partial charge on any atom is -0.466 e. The van der Waals surface area contributed by atoms with Crippen molar-refractivity contribution >= 4 is 22.4 Å². The van der Waals surface area contributed by atoms with Crippen molar-refractivity contribution in [3.05, 3.63) is 11.1 Å². The van der Waals surface area contributed by atoms with E-state index in [0.717, 1.165) is 22.7 Å². The van der Waals surface area contributed by atoms with E-state index in [-0.39, 0.29) is 12.4 Å². The Bertz CT molecular complexity index is 437. The fraction of sp³-hybridized carbons (Fsp3) is 0.733. The summed E-state index contributed by atoms with van der Waals surface area (Å²) in [4.78, 5) is 15.9. The largest absolute Gasteiger partial charge is 0.466 e. The van der Waals surface area contributed by atoms with Crippen LogP contribution in [0.3, 0.4) is 0 Å². The Labute approximate surface area is 124 Å². The molecular weight excluding hydrogens is 272 g/mol. The van der Waals surface area contributed by atoms with Crippen LogP contribution < -0.4 is 5.32 Å². The van der Waals surface area contributed by atoms with Crippen LogP contribution in [-0.2, 0) is 16.0 Å². The number of carbonyl (C=O) groups excluding carboxylic acids is 1. The normalized spacial score (nSPS) is 26.2. The number of nitrogens with zero attached hydrogens (tertiary/aromatic N) is 1. The van der Waals surface area contributed by atoms with Gasteiger partial charge < -0.3 is 10.1 Å². The summed E-state index contributed by atoms with van der Waals surface area (Å²) in [6, 6.07) is 0.510. The summed E-state index contributed by atoms with van der Waals surface area (Å²) in [7, 11) is 0. The van der Waals surface area contributed by atoms with E-state index in [0.29, 0.717) is 12.6 Å². The van der Waals surface area contributed by atoms with Gasteiger partial charge in [-0.3, -0.25) is 4.79 Å². The highest BCUT2D eigenvalue weighted by Crippen LogP contribution is 2.31. The topological polar surface area (TPSA) is 51.2 Å². The number of thiazole rings is 1. The fourth-order valence-electron chi connectivity index (χ4n) is 3.05. The molecule has 1 saturated carbocycles. The van der Waals surface area contributed by atoms with Crippen LogP contribution in [0.1, 0.15) is 45.7 Å². The summed E-state index contributed by atoms with van der Waals surface area (Å²) in [5.41, 5.74) is 0.799. The van der Waals surface area contributed by atoms with Gasteiger partial charge in [0.15, 0.2) is 5.13 Å². The maximum Gasteiger partial charge on any atom is 0.311 e. The second kappa shape index (κ2) is 7.07. The highest BCUT2D eigenvalue weighted by Gasteiger charge is 2.24. The summed E-state index contributed by atoms with van der Waals surface area (Å²) in [6.45, 7) is 6.88. The molecule has 1 heterocycles. The van der Waals surface area contributed by atoms with E-state index in [1.54, 1.807) is 11.3 Å². The number of aromatic nitrogens is 1. The molecular formula is C15H24N2O2S. The van der Waals surface area contributed by atoms with Crippen LogP contribution in [0.2, 0.25) is 0 Å². The zero-order chi connectivity index (χ0) is 14.5. The number of hydrogen-bond acceptors (Lipinski definition) is 5. The molecule has 0 aliphatic heterocycles. The van der Waals surface area contributed by atoms with Gasteiger partial charge in [0.25, 0.3) is 0 Å². The molecule has 2 unspecified atom stereocenters. The molecule has 0 bridgehead atoms. The predicted molar refractivity (Wildman–Crippen MR) is 82.0 cm³/mol. The van der Waals surface area contributed by atoms with Gasteiger partial charge in [0.2, 0.25) is 0 Å². The van der Waals surface area contributed by atoms with Gasteiger partial charge in [-0.2, -0.15) is 0 Å². The molecule has 1 N–H and O–H groups in total. The number of nitrogens with one attached hydrogen (secondary N) is 1. The number of esters is 1. The smallest absolute Gasteiger partial charge is 0.311 e. The van der Waals surface area contributed by atoms with Crippen molar-refractivity contribution in [2.24, 2.45) is 11.8 Å². The second-order valence-corrected chi connectivity index (χ2v) is 6.74. The van der Waals surface area contributed by atoms with Crippen LogP contribution in [0, 0.1) is 11.8 Å². The van der Waals surface area contributed by atoms with Gasteiger partial charge >= 0.3 is 5.97 Å². The summed E-state index contributed by atoms with van der Waals surface area (Å²) < 4.78 is 4.94. The van der Waals surface area contributed by atoms with E-state index in [9.17, 15) is 4.79 Å². The van der Waals surface area contributed by atoms with E-state index in [1.165, 1.54) is 19.3 Å². The molecule has 2 rings (SSSR count). The van der Waals surface area contributed by atoms with Gasteiger partial charge in [-0.15, -0.1) is 11.3 Å². The predicted octanol–water partition coefficient (Wildman–Crippen LogP) is 3.49. The first-order chi connectivity index (χ1) is 9.56. The van der Waals surface area contributed by atoms with Gasteiger partial charge in [0.1, 0.15) is 0 Å². The third-order valence-corrected chi connectivity index (χ3v) is 4.51. The monoisotopic (exact) mass is 296 g/mol. The summed E-state index contributed by atoms with van der Waals surface area (Å²) >= 11 is 1.58. The first kappa shape index (κ1) is 15.3. The van der Waals surface area contributed by atoms with Crippen molar-refractivity contribution in [2.45, 2.75) is 52.5 Å². The van der Waals surface area contributed by atoms with Crippen molar-refractivity contribution in [2.75, 3.05) is 11.9 Å². The van der Waals surface area contributed by atoms with Crippen molar-refractivity contribution < 1.29 is 9.53 Å². The van der Waals surface area contributed by atoms with E-state index >= 15 is 0 Å². The van der Waals surface area contributed by atoms with Gasteiger partial charge in [0, 0.05) is 11.4 Å². The zero-order valence-corrected chi connectivity index (χ0v) is 13.3. The molecule has 5 heteroatoms. The summed E-state index contributed by atoms with van der Waals surface area (Å²) in [5.74, 6) is 1.34. The lowest BCUT2D eigenvalue weighted by Gasteiger charge is -2.31. The summed E-state index contributed by atoms with van der Waals surface area (Å²) in [5, 5.41) is 6.39. The second-order valence-electron chi connectivity index (χ2n) is 5.88. The van der Waals surface area contributed by atoms with Crippen molar-refractivity contribution in [1.82, 2.24) is 4.98 Å². The maximum absolute atomic E-state index is 11.4.